The van der Waals surface area contributed by atoms with Gasteiger partial charge in [0.2, 0.25) is 0 Å². The first-order chi connectivity index (χ1) is 11.4. The molecule has 7 heteroatoms. The summed E-state index contributed by atoms with van der Waals surface area (Å²) in [6.07, 6.45) is 1.35. The van der Waals surface area contributed by atoms with Crippen molar-refractivity contribution in [3.63, 3.8) is 0 Å². The van der Waals surface area contributed by atoms with Crippen molar-refractivity contribution in [3.8, 4) is 5.75 Å². The number of phenols is 1. The molecule has 0 fully saturated rings. The number of carbonyl (C=O) groups is 1. The van der Waals surface area contributed by atoms with Crippen molar-refractivity contribution in [2.75, 3.05) is 5.32 Å². The Morgan fingerprint density at radius 3 is 2.79 bits per heavy atom. The van der Waals surface area contributed by atoms with Gasteiger partial charge in [0, 0.05) is 19.8 Å². The van der Waals surface area contributed by atoms with Crippen molar-refractivity contribution in [2.24, 2.45) is 5.10 Å². The molecule has 24 heavy (non-hydrogen) atoms. The van der Waals surface area contributed by atoms with Gasteiger partial charge in [0.25, 0.3) is 5.91 Å². The molecule has 0 spiro atoms. The standard InChI is InChI=1S/C17H17ClIN3O2/c1-10-7-14(19)4-5-15(10)21-11(2)17(24)22-20-9-12-8-13(18)3-6-16(12)23/h3-9,11,21,23H,1-2H3,(H,22,24). The summed E-state index contributed by atoms with van der Waals surface area (Å²) in [5.74, 6) is -0.246. The molecule has 1 amide bonds. The number of carbonyl (C=O) groups excluding carboxylic acids is 1. The molecule has 0 radical (unpaired) electrons. The number of nitrogens with one attached hydrogen (secondary N) is 2. The summed E-state index contributed by atoms with van der Waals surface area (Å²) >= 11 is 8.10. The monoisotopic (exact) mass is 457 g/mol. The summed E-state index contributed by atoms with van der Waals surface area (Å²) in [7, 11) is 0. The minimum Gasteiger partial charge on any atom is -0.507 e. The highest BCUT2D eigenvalue weighted by Crippen LogP contribution is 2.20. The molecule has 0 saturated heterocycles. The van der Waals surface area contributed by atoms with Crippen LogP contribution in [0, 0.1) is 10.5 Å². The Morgan fingerprint density at radius 2 is 2.08 bits per heavy atom. The van der Waals surface area contributed by atoms with Crippen molar-refractivity contribution >= 4 is 52.0 Å². The minimum absolute atomic E-state index is 0.0399. The van der Waals surface area contributed by atoms with Gasteiger partial charge in [-0.1, -0.05) is 11.6 Å². The van der Waals surface area contributed by atoms with Gasteiger partial charge in [-0.25, -0.2) is 5.43 Å². The Morgan fingerprint density at radius 1 is 1.33 bits per heavy atom. The SMILES string of the molecule is Cc1cc(I)ccc1NC(C)C(=O)NN=Cc1cc(Cl)ccc1O. The predicted molar refractivity (Wildman–Crippen MR) is 106 cm³/mol. The third-order valence-corrected chi connectivity index (χ3v) is 4.23. The lowest BCUT2D eigenvalue weighted by atomic mass is 10.2. The first-order valence-electron chi connectivity index (χ1n) is 7.21. The molecule has 3 N–H and O–H groups in total. The van der Waals surface area contributed by atoms with Gasteiger partial charge in [0.15, 0.2) is 0 Å². The lowest BCUT2D eigenvalue weighted by Gasteiger charge is -2.15. The zero-order valence-electron chi connectivity index (χ0n) is 13.2. The number of rotatable bonds is 5. The van der Waals surface area contributed by atoms with Gasteiger partial charge in [-0.15, -0.1) is 0 Å². The fourth-order valence-corrected chi connectivity index (χ4v) is 2.81. The molecule has 0 bridgehead atoms. The number of aromatic hydroxyl groups is 1. The van der Waals surface area contributed by atoms with Crippen molar-refractivity contribution in [1.82, 2.24) is 5.43 Å². The van der Waals surface area contributed by atoms with E-state index in [-0.39, 0.29) is 11.7 Å². The Hall–Kier alpha value is -1.80. The van der Waals surface area contributed by atoms with E-state index in [9.17, 15) is 9.90 Å². The zero-order valence-corrected chi connectivity index (χ0v) is 16.1. The number of hydrogen-bond acceptors (Lipinski definition) is 4. The Balaban J connectivity index is 1.96. The number of aryl methyl sites for hydroxylation is 1. The Bertz CT molecular complexity index is 780. The smallest absolute Gasteiger partial charge is 0.262 e. The van der Waals surface area contributed by atoms with E-state index in [1.165, 1.54) is 12.3 Å². The highest BCUT2D eigenvalue weighted by atomic mass is 127. The molecule has 0 saturated carbocycles. The largest absolute Gasteiger partial charge is 0.507 e. The molecule has 5 nitrogen and oxygen atoms in total. The number of hydrazone groups is 1. The molecule has 0 aliphatic rings. The van der Waals surface area contributed by atoms with Crippen molar-refractivity contribution in [3.05, 3.63) is 56.1 Å². The lowest BCUT2D eigenvalue weighted by molar-refractivity contribution is -0.121. The summed E-state index contributed by atoms with van der Waals surface area (Å²) in [6.45, 7) is 3.73. The second-order valence-corrected chi connectivity index (χ2v) is 6.94. The highest BCUT2D eigenvalue weighted by Gasteiger charge is 2.12. The van der Waals surface area contributed by atoms with Gasteiger partial charge in [-0.3, -0.25) is 4.79 Å². The number of halogens is 2. The predicted octanol–water partition coefficient (Wildman–Crippen LogP) is 3.91. The summed E-state index contributed by atoms with van der Waals surface area (Å²) < 4.78 is 1.14. The van der Waals surface area contributed by atoms with Gasteiger partial charge < -0.3 is 10.4 Å². The van der Waals surface area contributed by atoms with Crippen molar-refractivity contribution < 1.29 is 9.90 Å². The van der Waals surface area contributed by atoms with Crippen LogP contribution in [0.5, 0.6) is 5.75 Å². The van der Waals surface area contributed by atoms with Crippen LogP contribution < -0.4 is 10.7 Å². The van der Waals surface area contributed by atoms with Crippen molar-refractivity contribution in [1.29, 1.82) is 0 Å². The fourth-order valence-electron chi connectivity index (χ4n) is 1.98. The molecular weight excluding hydrogens is 441 g/mol. The average Bonchev–Trinajstić information content (AvgIpc) is 2.53. The number of benzene rings is 2. The van der Waals surface area contributed by atoms with Crippen LogP contribution >= 0.6 is 34.2 Å². The van der Waals surface area contributed by atoms with E-state index >= 15 is 0 Å². The van der Waals surface area contributed by atoms with Gasteiger partial charge in [0.1, 0.15) is 11.8 Å². The Kier molecular flexibility index (Phi) is 6.44. The van der Waals surface area contributed by atoms with Crippen LogP contribution in [-0.4, -0.2) is 23.3 Å². The van der Waals surface area contributed by atoms with Crippen LogP contribution in [0.2, 0.25) is 5.02 Å². The van der Waals surface area contributed by atoms with Crippen LogP contribution in [0.4, 0.5) is 5.69 Å². The van der Waals surface area contributed by atoms with E-state index in [2.05, 4.69) is 38.4 Å². The van der Waals surface area contributed by atoms with E-state index in [0.717, 1.165) is 14.8 Å². The van der Waals surface area contributed by atoms with Gasteiger partial charge in [-0.2, -0.15) is 5.10 Å². The van der Waals surface area contributed by atoms with Crippen molar-refractivity contribution in [2.45, 2.75) is 19.9 Å². The van der Waals surface area contributed by atoms with E-state index in [1.807, 2.05) is 25.1 Å². The first-order valence-corrected chi connectivity index (χ1v) is 8.66. The molecule has 2 aromatic carbocycles. The molecule has 126 valence electrons. The number of amides is 1. The zero-order chi connectivity index (χ0) is 17.7. The number of hydrogen-bond donors (Lipinski definition) is 3. The quantitative estimate of drug-likeness (QED) is 0.362. The topological polar surface area (TPSA) is 73.7 Å². The van der Waals surface area contributed by atoms with E-state index in [4.69, 9.17) is 11.6 Å². The maximum atomic E-state index is 12.1. The molecule has 2 aromatic rings. The summed E-state index contributed by atoms with van der Waals surface area (Å²) in [4.78, 5) is 12.1. The second-order valence-electron chi connectivity index (χ2n) is 5.26. The van der Waals surface area contributed by atoms with E-state index in [0.29, 0.717) is 10.6 Å². The van der Waals surface area contributed by atoms with Crippen LogP contribution in [0.15, 0.2) is 41.5 Å². The maximum absolute atomic E-state index is 12.1. The molecule has 0 aromatic heterocycles. The molecule has 0 aliphatic heterocycles. The van der Waals surface area contributed by atoms with E-state index < -0.39 is 6.04 Å². The average molecular weight is 458 g/mol. The molecule has 0 heterocycles. The minimum atomic E-state index is -0.464. The number of nitrogens with zero attached hydrogens (tertiary/aromatic N) is 1. The summed E-state index contributed by atoms with van der Waals surface area (Å²) in [5, 5.41) is 17.2. The van der Waals surface area contributed by atoms with Crippen LogP contribution in [0.1, 0.15) is 18.1 Å². The normalized spacial score (nSPS) is 12.2. The second kappa shape index (κ2) is 8.34. The molecule has 2 rings (SSSR count). The molecule has 1 unspecified atom stereocenters. The molecular formula is C17H17ClIN3O2. The lowest BCUT2D eigenvalue weighted by Crippen LogP contribution is -2.35. The van der Waals surface area contributed by atoms with Crippen LogP contribution in [0.25, 0.3) is 0 Å². The summed E-state index contributed by atoms with van der Waals surface area (Å²) in [6, 6.07) is 10.1. The van der Waals surface area contributed by atoms with E-state index in [1.54, 1.807) is 19.1 Å². The fraction of sp³-hybridized carbons (Fsp3) is 0.176. The van der Waals surface area contributed by atoms with Gasteiger partial charge in [0.05, 0.1) is 6.21 Å². The van der Waals surface area contributed by atoms with Gasteiger partial charge >= 0.3 is 0 Å². The first kappa shape index (κ1) is 18.5. The maximum Gasteiger partial charge on any atom is 0.262 e. The van der Waals surface area contributed by atoms with Crippen LogP contribution in [-0.2, 0) is 4.79 Å². The third-order valence-electron chi connectivity index (χ3n) is 3.32. The molecule has 0 aliphatic carbocycles. The number of anilines is 1. The number of phenolic OH excluding ortho intramolecular Hbond substituents is 1. The highest BCUT2D eigenvalue weighted by molar-refractivity contribution is 14.1. The van der Waals surface area contributed by atoms with Gasteiger partial charge in [-0.05, 0) is 78.4 Å². The third kappa shape index (κ3) is 5.10. The summed E-state index contributed by atoms with van der Waals surface area (Å²) in [5.41, 5.74) is 4.83. The Labute approximate surface area is 159 Å². The molecule has 1 atom stereocenters. The van der Waals surface area contributed by atoms with Crippen LogP contribution in [0.3, 0.4) is 0 Å².